The number of aromatic nitrogens is 1. The van der Waals surface area contributed by atoms with Gasteiger partial charge in [-0.25, -0.2) is 18.9 Å². The van der Waals surface area contributed by atoms with E-state index in [1.165, 1.54) is 54.9 Å². The van der Waals surface area contributed by atoms with Crippen molar-refractivity contribution in [1.82, 2.24) is 14.8 Å². The maximum Gasteiger partial charge on any atom is 0.266 e. The highest BCUT2D eigenvalue weighted by Crippen LogP contribution is 2.32. The van der Waals surface area contributed by atoms with Gasteiger partial charge in [-0.15, -0.1) is 12.4 Å². The zero-order chi connectivity index (χ0) is 21.2. The van der Waals surface area contributed by atoms with Gasteiger partial charge in [-0.3, -0.25) is 19.7 Å². The number of nitrogens with one attached hydrogen (secondary N) is 1. The van der Waals surface area contributed by atoms with Gasteiger partial charge in [-0.2, -0.15) is 4.31 Å². The average Bonchev–Trinajstić information content (AvgIpc) is 2.75. The topological polar surface area (TPSA) is 129 Å². The number of ether oxygens (including phenoxy) is 1. The average molecular weight is 457 g/mol. The van der Waals surface area contributed by atoms with Crippen LogP contribution in [0.1, 0.15) is 6.92 Å². The fourth-order valence-corrected chi connectivity index (χ4v) is 4.80. The third kappa shape index (κ3) is 4.10. The smallest absolute Gasteiger partial charge is 0.266 e. The first-order chi connectivity index (χ1) is 13.7. The number of hydrogen-bond acceptors (Lipinski definition) is 7. The molecule has 2 aromatic rings. The lowest BCUT2D eigenvalue weighted by molar-refractivity contribution is -0.140. The number of piperazine rings is 1. The van der Waals surface area contributed by atoms with Gasteiger partial charge in [0.2, 0.25) is 15.9 Å². The summed E-state index contributed by atoms with van der Waals surface area (Å²) in [5.41, 5.74) is -0.268. The first-order valence-electron chi connectivity index (χ1n) is 8.57. The second kappa shape index (κ2) is 8.96. The summed E-state index contributed by atoms with van der Waals surface area (Å²) in [4.78, 5) is 30.5. The molecule has 10 nitrogen and oxygen atoms in total. The SMILES string of the molecule is COc1ccc(S(=O)(=O)N2CC(=O)N(c3ccccn3)CC2(C)C(=O)NO)cc1.Cl. The molecule has 2 heterocycles. The number of anilines is 1. The lowest BCUT2D eigenvalue weighted by Crippen LogP contribution is -2.69. The molecule has 30 heavy (non-hydrogen) atoms. The lowest BCUT2D eigenvalue weighted by atomic mass is 9.98. The third-order valence-electron chi connectivity index (χ3n) is 4.76. The van der Waals surface area contributed by atoms with E-state index in [1.807, 2.05) is 0 Å². The number of sulfonamides is 1. The van der Waals surface area contributed by atoms with E-state index in [2.05, 4.69) is 4.98 Å². The van der Waals surface area contributed by atoms with Crippen molar-refractivity contribution in [3.63, 3.8) is 0 Å². The molecule has 12 heteroatoms. The van der Waals surface area contributed by atoms with E-state index >= 15 is 0 Å². The fraction of sp³-hybridized carbons (Fsp3) is 0.278. The van der Waals surface area contributed by atoms with Gasteiger partial charge in [0.1, 0.15) is 17.1 Å². The monoisotopic (exact) mass is 456 g/mol. The minimum atomic E-state index is -4.25. The summed E-state index contributed by atoms with van der Waals surface area (Å²) in [5.74, 6) is -0.793. The van der Waals surface area contributed by atoms with Crippen LogP contribution in [0.2, 0.25) is 0 Å². The Bertz CT molecular complexity index is 1020. The molecule has 1 aliphatic heterocycles. The quantitative estimate of drug-likeness (QED) is 0.503. The van der Waals surface area contributed by atoms with Crippen molar-refractivity contribution in [3.8, 4) is 5.75 Å². The first-order valence-corrected chi connectivity index (χ1v) is 10.0. The van der Waals surface area contributed by atoms with E-state index in [0.29, 0.717) is 5.75 Å². The molecule has 2 N–H and O–H groups in total. The highest BCUT2D eigenvalue weighted by atomic mass is 35.5. The van der Waals surface area contributed by atoms with Crippen LogP contribution >= 0.6 is 12.4 Å². The molecule has 1 atom stereocenters. The van der Waals surface area contributed by atoms with E-state index in [1.54, 1.807) is 18.2 Å². The number of methoxy groups -OCH3 is 1. The Hall–Kier alpha value is -2.73. The number of carbonyl (C=O) groups excluding carboxylic acids is 2. The van der Waals surface area contributed by atoms with Crippen LogP contribution in [0, 0.1) is 0 Å². The Morgan fingerprint density at radius 3 is 2.43 bits per heavy atom. The van der Waals surface area contributed by atoms with Gasteiger partial charge in [-0.1, -0.05) is 6.07 Å². The van der Waals surface area contributed by atoms with Gasteiger partial charge < -0.3 is 4.74 Å². The molecule has 3 rings (SSSR count). The molecule has 162 valence electrons. The summed E-state index contributed by atoms with van der Waals surface area (Å²) in [6.45, 7) is 0.404. The summed E-state index contributed by atoms with van der Waals surface area (Å²) < 4.78 is 32.3. The zero-order valence-electron chi connectivity index (χ0n) is 16.2. The lowest BCUT2D eigenvalue weighted by Gasteiger charge is -2.45. The van der Waals surface area contributed by atoms with Crippen LogP contribution in [0.5, 0.6) is 5.75 Å². The fourth-order valence-electron chi connectivity index (χ4n) is 3.11. The van der Waals surface area contributed by atoms with E-state index < -0.39 is 33.9 Å². The zero-order valence-corrected chi connectivity index (χ0v) is 17.8. The van der Waals surface area contributed by atoms with Gasteiger partial charge in [0, 0.05) is 6.20 Å². The standard InChI is InChI=1S/C18H20N4O6S.ClH/c1-18(17(24)20-25)12-21(15-5-3-4-10-19-15)16(23)11-22(18)29(26,27)14-8-6-13(28-2)7-9-14;/h3-10,25H,11-12H2,1-2H3,(H,20,24);1H. The maximum absolute atomic E-state index is 13.2. The van der Waals surface area contributed by atoms with Crippen molar-refractivity contribution in [1.29, 1.82) is 0 Å². The van der Waals surface area contributed by atoms with E-state index in [4.69, 9.17) is 4.74 Å². The van der Waals surface area contributed by atoms with Crippen molar-refractivity contribution in [3.05, 3.63) is 48.7 Å². The Morgan fingerprint density at radius 2 is 1.90 bits per heavy atom. The molecular weight excluding hydrogens is 436 g/mol. The van der Waals surface area contributed by atoms with Gasteiger partial charge in [0.25, 0.3) is 5.91 Å². The number of rotatable bonds is 5. The number of benzene rings is 1. The number of hydroxylamine groups is 1. The molecule has 0 radical (unpaired) electrons. The maximum atomic E-state index is 13.2. The summed E-state index contributed by atoms with van der Waals surface area (Å²) in [7, 11) is -2.80. The van der Waals surface area contributed by atoms with Gasteiger partial charge in [-0.05, 0) is 43.3 Å². The predicted octanol–water partition coefficient (Wildman–Crippen LogP) is 0.814. The molecule has 0 aliphatic carbocycles. The van der Waals surface area contributed by atoms with Crippen molar-refractivity contribution < 1.29 is 28.0 Å². The number of halogens is 1. The van der Waals surface area contributed by atoms with Gasteiger partial charge in [0.05, 0.1) is 25.1 Å². The molecule has 2 amide bonds. The second-order valence-corrected chi connectivity index (χ2v) is 8.43. The van der Waals surface area contributed by atoms with Crippen LogP contribution in [-0.2, 0) is 19.6 Å². The van der Waals surface area contributed by atoms with Crippen LogP contribution in [0.3, 0.4) is 0 Å². The number of hydrogen-bond donors (Lipinski definition) is 2. The highest BCUT2D eigenvalue weighted by Gasteiger charge is 2.53. The van der Waals surface area contributed by atoms with Crippen LogP contribution in [0.4, 0.5) is 5.82 Å². The van der Waals surface area contributed by atoms with Crippen molar-refractivity contribution >= 4 is 40.1 Å². The van der Waals surface area contributed by atoms with Crippen molar-refractivity contribution in [2.75, 3.05) is 25.1 Å². The minimum Gasteiger partial charge on any atom is -0.497 e. The van der Waals surface area contributed by atoms with E-state index in [-0.39, 0.29) is 29.7 Å². The van der Waals surface area contributed by atoms with Crippen LogP contribution < -0.4 is 15.1 Å². The van der Waals surface area contributed by atoms with E-state index in [9.17, 15) is 23.2 Å². The summed E-state index contributed by atoms with van der Waals surface area (Å²) in [6, 6.07) is 10.5. The summed E-state index contributed by atoms with van der Waals surface area (Å²) in [6.07, 6.45) is 1.48. The molecule has 1 aromatic heterocycles. The number of nitrogens with zero attached hydrogens (tertiary/aromatic N) is 3. The Morgan fingerprint density at radius 1 is 1.23 bits per heavy atom. The molecule has 1 unspecified atom stereocenters. The number of amides is 2. The normalized spacial score (nSPS) is 19.7. The number of carbonyl (C=O) groups is 2. The largest absolute Gasteiger partial charge is 0.497 e. The molecule has 1 saturated heterocycles. The van der Waals surface area contributed by atoms with Crippen LogP contribution in [0.15, 0.2) is 53.6 Å². The Labute approximate surface area is 179 Å². The van der Waals surface area contributed by atoms with Crippen LogP contribution in [0.25, 0.3) is 0 Å². The minimum absolute atomic E-state index is 0. The van der Waals surface area contributed by atoms with Crippen LogP contribution in [-0.4, -0.2) is 60.5 Å². The molecule has 1 aliphatic rings. The van der Waals surface area contributed by atoms with E-state index in [0.717, 1.165) is 4.31 Å². The van der Waals surface area contributed by atoms with Crippen molar-refractivity contribution in [2.24, 2.45) is 0 Å². The Kier molecular flexibility index (Phi) is 7.03. The molecule has 0 bridgehead atoms. The summed E-state index contributed by atoms with van der Waals surface area (Å²) >= 11 is 0. The van der Waals surface area contributed by atoms with Crippen molar-refractivity contribution in [2.45, 2.75) is 17.4 Å². The summed E-state index contributed by atoms with van der Waals surface area (Å²) in [5, 5.41) is 9.24. The first kappa shape index (κ1) is 23.5. The van der Waals surface area contributed by atoms with Gasteiger partial charge in [0.15, 0.2) is 0 Å². The molecule has 0 spiro atoms. The van der Waals surface area contributed by atoms with Gasteiger partial charge >= 0.3 is 0 Å². The second-order valence-electron chi connectivity index (χ2n) is 6.57. The Balaban J connectivity index is 0.00000320. The highest BCUT2D eigenvalue weighted by molar-refractivity contribution is 7.89. The predicted molar refractivity (Wildman–Crippen MR) is 109 cm³/mol. The third-order valence-corrected chi connectivity index (χ3v) is 6.74. The number of pyridine rings is 1. The molecule has 0 saturated carbocycles. The molecular formula is C18H21ClN4O6S. The molecule has 1 aromatic carbocycles. The molecule has 1 fully saturated rings.